The Morgan fingerprint density at radius 1 is 1.21 bits per heavy atom. The summed E-state index contributed by atoms with van der Waals surface area (Å²) in [5, 5.41) is 0. The van der Waals surface area contributed by atoms with Crippen LogP contribution < -0.4 is 0 Å². The van der Waals surface area contributed by atoms with Crippen LogP contribution in [-0.4, -0.2) is 58.8 Å². The Morgan fingerprint density at radius 3 is 2.83 bits per heavy atom. The zero-order valence-electron chi connectivity index (χ0n) is 14.2. The van der Waals surface area contributed by atoms with Crippen molar-refractivity contribution in [2.24, 2.45) is 5.92 Å². The summed E-state index contributed by atoms with van der Waals surface area (Å²) in [6, 6.07) is 0.167. The van der Waals surface area contributed by atoms with Gasteiger partial charge in [0.2, 0.25) is 0 Å². The largest absolute Gasteiger partial charge is 0.378 e. The minimum absolute atomic E-state index is 0.0259. The third-order valence-corrected chi connectivity index (χ3v) is 5.25. The van der Waals surface area contributed by atoms with Crippen molar-refractivity contribution in [3.8, 4) is 0 Å². The summed E-state index contributed by atoms with van der Waals surface area (Å²) in [6.45, 7) is 4.18. The SMILES string of the molecule is Cc1cnc(C(=O)N2CC[C@@H]3OC(COCC4CC4)CC[C@@H]32)cn1. The standard InChI is InChI=1S/C18H25N3O3/c1-12-8-20-15(9-19-12)18(22)21-7-6-17-16(21)5-4-14(24-17)11-23-10-13-2-3-13/h8-9,13-14,16-17H,2-7,10-11H2,1H3/t14?,16-,17-/m0/s1. The number of amides is 1. The van der Waals surface area contributed by atoms with Crippen LogP contribution in [0.2, 0.25) is 0 Å². The first-order valence-corrected chi connectivity index (χ1v) is 9.03. The molecule has 1 aromatic heterocycles. The molecule has 3 fully saturated rings. The lowest BCUT2D eigenvalue weighted by Gasteiger charge is -2.35. The van der Waals surface area contributed by atoms with Gasteiger partial charge in [-0.15, -0.1) is 0 Å². The summed E-state index contributed by atoms with van der Waals surface area (Å²) < 4.78 is 12.0. The Bertz CT molecular complexity index is 588. The molecular weight excluding hydrogens is 306 g/mol. The van der Waals surface area contributed by atoms with Crippen LogP contribution in [0.15, 0.2) is 12.4 Å². The molecule has 0 bridgehead atoms. The van der Waals surface area contributed by atoms with Crippen molar-refractivity contribution in [2.75, 3.05) is 19.8 Å². The van der Waals surface area contributed by atoms with Crippen molar-refractivity contribution in [2.45, 2.75) is 57.3 Å². The van der Waals surface area contributed by atoms with Crippen LogP contribution in [0, 0.1) is 12.8 Å². The van der Waals surface area contributed by atoms with E-state index in [1.807, 2.05) is 11.8 Å². The van der Waals surface area contributed by atoms with Gasteiger partial charge < -0.3 is 14.4 Å². The van der Waals surface area contributed by atoms with Crippen LogP contribution in [0.4, 0.5) is 0 Å². The number of carbonyl (C=O) groups is 1. The lowest BCUT2D eigenvalue weighted by atomic mass is 9.99. The number of rotatable bonds is 5. The van der Waals surface area contributed by atoms with E-state index in [0.717, 1.165) is 44.0 Å². The summed E-state index contributed by atoms with van der Waals surface area (Å²) >= 11 is 0. The topological polar surface area (TPSA) is 64.6 Å². The smallest absolute Gasteiger partial charge is 0.274 e. The summed E-state index contributed by atoms with van der Waals surface area (Å²) in [6.07, 6.45) is 8.99. The molecule has 3 heterocycles. The Balaban J connectivity index is 1.32. The molecule has 1 aliphatic carbocycles. The number of fused-ring (bicyclic) bond motifs is 1. The average Bonchev–Trinajstić information content (AvgIpc) is 3.32. The highest BCUT2D eigenvalue weighted by atomic mass is 16.5. The maximum Gasteiger partial charge on any atom is 0.274 e. The second-order valence-corrected chi connectivity index (χ2v) is 7.25. The molecule has 1 amide bonds. The molecule has 1 saturated carbocycles. The van der Waals surface area contributed by atoms with Gasteiger partial charge in [-0.2, -0.15) is 0 Å². The number of aromatic nitrogens is 2. The molecule has 3 atom stereocenters. The fourth-order valence-electron chi connectivity index (χ4n) is 3.67. The molecule has 4 rings (SSSR count). The maximum atomic E-state index is 12.7. The molecule has 0 N–H and O–H groups in total. The van der Waals surface area contributed by atoms with E-state index in [-0.39, 0.29) is 24.2 Å². The van der Waals surface area contributed by atoms with Crippen LogP contribution >= 0.6 is 0 Å². The van der Waals surface area contributed by atoms with Crippen LogP contribution in [0.5, 0.6) is 0 Å². The van der Waals surface area contributed by atoms with Gasteiger partial charge in [0.1, 0.15) is 5.69 Å². The van der Waals surface area contributed by atoms with Crippen molar-refractivity contribution < 1.29 is 14.3 Å². The molecule has 0 spiro atoms. The number of nitrogens with zero attached hydrogens (tertiary/aromatic N) is 3. The van der Waals surface area contributed by atoms with Crippen molar-refractivity contribution in [3.05, 3.63) is 23.8 Å². The van der Waals surface area contributed by atoms with Gasteiger partial charge in [-0.1, -0.05) is 0 Å². The summed E-state index contributed by atoms with van der Waals surface area (Å²) in [7, 11) is 0. The van der Waals surface area contributed by atoms with Crippen LogP contribution in [0.25, 0.3) is 0 Å². The Kier molecular flexibility index (Phi) is 4.50. The molecular formula is C18H25N3O3. The number of likely N-dealkylation sites (tertiary alicyclic amines) is 1. The highest BCUT2D eigenvalue weighted by molar-refractivity contribution is 5.92. The minimum atomic E-state index is -0.0259. The number of ether oxygens (including phenoxy) is 2. The van der Waals surface area contributed by atoms with Crippen molar-refractivity contribution in [3.63, 3.8) is 0 Å². The third-order valence-electron chi connectivity index (χ3n) is 5.25. The Morgan fingerprint density at radius 2 is 2.08 bits per heavy atom. The van der Waals surface area contributed by atoms with E-state index >= 15 is 0 Å². The first-order chi connectivity index (χ1) is 11.7. The predicted octanol–water partition coefficient (Wildman–Crippen LogP) is 1.97. The number of hydrogen-bond acceptors (Lipinski definition) is 5. The van der Waals surface area contributed by atoms with Crippen LogP contribution in [-0.2, 0) is 9.47 Å². The van der Waals surface area contributed by atoms with Gasteiger partial charge in [0.15, 0.2) is 0 Å². The quantitative estimate of drug-likeness (QED) is 0.825. The highest BCUT2D eigenvalue weighted by Gasteiger charge is 2.42. The molecule has 1 aromatic rings. The molecule has 2 aliphatic heterocycles. The lowest BCUT2D eigenvalue weighted by molar-refractivity contribution is -0.0973. The fourth-order valence-corrected chi connectivity index (χ4v) is 3.67. The molecule has 6 nitrogen and oxygen atoms in total. The van der Waals surface area contributed by atoms with Gasteiger partial charge in [-0.25, -0.2) is 4.98 Å². The Labute approximate surface area is 142 Å². The summed E-state index contributed by atoms with van der Waals surface area (Å²) in [5.74, 6) is 0.763. The van der Waals surface area contributed by atoms with Gasteiger partial charge in [0.05, 0.1) is 36.7 Å². The van der Waals surface area contributed by atoms with Gasteiger partial charge in [-0.05, 0) is 44.9 Å². The second-order valence-electron chi connectivity index (χ2n) is 7.25. The zero-order valence-corrected chi connectivity index (χ0v) is 14.2. The third kappa shape index (κ3) is 3.44. The summed E-state index contributed by atoms with van der Waals surface area (Å²) in [4.78, 5) is 23.0. The maximum absolute atomic E-state index is 12.7. The van der Waals surface area contributed by atoms with E-state index in [1.54, 1.807) is 12.4 Å². The van der Waals surface area contributed by atoms with Gasteiger partial charge >= 0.3 is 0 Å². The van der Waals surface area contributed by atoms with Crippen molar-refractivity contribution in [1.82, 2.24) is 14.9 Å². The second kappa shape index (κ2) is 6.76. The van der Waals surface area contributed by atoms with E-state index in [4.69, 9.17) is 9.47 Å². The molecule has 24 heavy (non-hydrogen) atoms. The molecule has 130 valence electrons. The van der Waals surface area contributed by atoms with Gasteiger partial charge in [-0.3, -0.25) is 9.78 Å². The van der Waals surface area contributed by atoms with Crippen molar-refractivity contribution in [1.29, 1.82) is 0 Å². The Hall–Kier alpha value is -1.53. The molecule has 3 aliphatic rings. The normalized spacial score (nSPS) is 29.5. The summed E-state index contributed by atoms with van der Waals surface area (Å²) in [5.41, 5.74) is 1.25. The van der Waals surface area contributed by atoms with Gasteiger partial charge in [0, 0.05) is 19.3 Å². The predicted molar refractivity (Wildman–Crippen MR) is 87.6 cm³/mol. The molecule has 0 aromatic carbocycles. The number of carbonyl (C=O) groups excluding carboxylic acids is 1. The van der Waals surface area contributed by atoms with E-state index in [9.17, 15) is 4.79 Å². The minimum Gasteiger partial charge on any atom is -0.378 e. The van der Waals surface area contributed by atoms with E-state index < -0.39 is 0 Å². The first kappa shape index (κ1) is 16.0. The van der Waals surface area contributed by atoms with Crippen molar-refractivity contribution >= 4 is 5.91 Å². The number of hydrogen-bond donors (Lipinski definition) is 0. The van der Waals surface area contributed by atoms with Gasteiger partial charge in [0.25, 0.3) is 5.91 Å². The van der Waals surface area contributed by atoms with E-state index in [2.05, 4.69) is 9.97 Å². The monoisotopic (exact) mass is 331 g/mol. The average molecular weight is 331 g/mol. The molecule has 6 heteroatoms. The molecule has 0 radical (unpaired) electrons. The van der Waals surface area contributed by atoms with E-state index in [0.29, 0.717) is 12.3 Å². The van der Waals surface area contributed by atoms with Crippen LogP contribution in [0.3, 0.4) is 0 Å². The molecule has 1 unspecified atom stereocenters. The fraction of sp³-hybridized carbons (Fsp3) is 0.722. The number of aryl methyl sites for hydroxylation is 1. The first-order valence-electron chi connectivity index (χ1n) is 9.03. The highest BCUT2D eigenvalue weighted by Crippen LogP contribution is 2.33. The molecule has 2 saturated heterocycles. The zero-order chi connectivity index (χ0) is 16.5. The van der Waals surface area contributed by atoms with Crippen LogP contribution in [0.1, 0.15) is 48.3 Å². The lowest BCUT2D eigenvalue weighted by Crippen LogP contribution is -2.46. The van der Waals surface area contributed by atoms with E-state index in [1.165, 1.54) is 12.8 Å².